The van der Waals surface area contributed by atoms with Crippen LogP contribution in [0, 0.1) is 0 Å². The van der Waals surface area contributed by atoms with Gasteiger partial charge in [-0.15, -0.1) is 0 Å². The Morgan fingerprint density at radius 2 is 2.20 bits per heavy atom. The lowest BCUT2D eigenvalue weighted by molar-refractivity contribution is 0.268. The number of H-pyrrole nitrogens is 1. The van der Waals surface area contributed by atoms with Crippen LogP contribution in [0.5, 0.6) is 0 Å². The van der Waals surface area contributed by atoms with Crippen LogP contribution in [-0.4, -0.2) is 25.8 Å². The average Bonchev–Trinajstić information content (AvgIpc) is 3.00. The van der Waals surface area contributed by atoms with E-state index < -0.39 is 0 Å². The summed E-state index contributed by atoms with van der Waals surface area (Å²) in [5.41, 5.74) is 1.11. The summed E-state index contributed by atoms with van der Waals surface area (Å²) < 4.78 is 1.63. The molecule has 0 unspecified atom stereocenters. The van der Waals surface area contributed by atoms with Crippen molar-refractivity contribution < 1.29 is 0 Å². The maximum Gasteiger partial charge on any atom is 0.266 e. The van der Waals surface area contributed by atoms with Crippen molar-refractivity contribution in [2.45, 2.75) is 44.3 Å². The first-order valence-electron chi connectivity index (χ1n) is 7.07. The largest absolute Gasteiger partial charge is 0.347 e. The van der Waals surface area contributed by atoms with E-state index in [1.54, 1.807) is 29.3 Å². The van der Waals surface area contributed by atoms with Gasteiger partial charge in [-0.3, -0.25) is 4.79 Å². The van der Waals surface area contributed by atoms with E-state index in [0.717, 1.165) is 37.9 Å². The first kappa shape index (κ1) is 13.1. The summed E-state index contributed by atoms with van der Waals surface area (Å²) in [6.45, 7) is 0.818. The highest BCUT2D eigenvalue weighted by Crippen LogP contribution is 2.26. The van der Waals surface area contributed by atoms with Crippen molar-refractivity contribution in [3.8, 4) is 0 Å². The highest BCUT2D eigenvalue weighted by atomic mass is 16.1. The molecule has 0 bridgehead atoms. The second-order valence-electron chi connectivity index (χ2n) is 5.27. The monoisotopic (exact) mass is 273 g/mol. The molecule has 2 N–H and O–H groups in total. The molecule has 0 amide bonds. The summed E-state index contributed by atoms with van der Waals surface area (Å²) in [5.74, 6) is 0. The van der Waals surface area contributed by atoms with Crippen LogP contribution < -0.4 is 10.9 Å². The fraction of sp³-hybridized carbons (Fsp3) is 0.500. The first-order chi connectivity index (χ1) is 9.83. The molecular weight excluding hydrogens is 254 g/mol. The fourth-order valence-electron chi connectivity index (χ4n) is 2.80. The molecule has 2 heterocycles. The summed E-state index contributed by atoms with van der Waals surface area (Å²) in [6, 6.07) is 4.02. The topological polar surface area (TPSA) is 75.6 Å². The minimum atomic E-state index is 0.00127. The number of rotatable bonds is 4. The number of nitrogens with zero attached hydrogens (tertiary/aromatic N) is 3. The SMILES string of the molecule is O=c1cccnn1C1CCC(NCc2cnc[nH]2)CC1. The maximum absolute atomic E-state index is 11.8. The Morgan fingerprint density at radius 3 is 2.90 bits per heavy atom. The summed E-state index contributed by atoms with van der Waals surface area (Å²) >= 11 is 0. The lowest BCUT2D eigenvalue weighted by Crippen LogP contribution is -2.36. The van der Waals surface area contributed by atoms with Gasteiger partial charge in [-0.1, -0.05) is 0 Å². The quantitative estimate of drug-likeness (QED) is 0.879. The van der Waals surface area contributed by atoms with Gasteiger partial charge >= 0.3 is 0 Å². The van der Waals surface area contributed by atoms with Crippen LogP contribution in [-0.2, 0) is 6.54 Å². The van der Waals surface area contributed by atoms with Gasteiger partial charge in [-0.2, -0.15) is 5.10 Å². The van der Waals surface area contributed by atoms with Crippen molar-refractivity contribution >= 4 is 0 Å². The summed E-state index contributed by atoms with van der Waals surface area (Å²) in [7, 11) is 0. The van der Waals surface area contributed by atoms with Crippen LogP contribution in [0.4, 0.5) is 0 Å². The number of imidazole rings is 1. The van der Waals surface area contributed by atoms with Gasteiger partial charge in [0.05, 0.1) is 12.4 Å². The van der Waals surface area contributed by atoms with E-state index in [9.17, 15) is 4.79 Å². The van der Waals surface area contributed by atoms with Gasteiger partial charge in [0.2, 0.25) is 0 Å². The summed E-state index contributed by atoms with van der Waals surface area (Å²) in [6.07, 6.45) is 9.36. The number of aromatic amines is 1. The van der Waals surface area contributed by atoms with Gasteiger partial charge in [-0.25, -0.2) is 9.67 Å². The van der Waals surface area contributed by atoms with E-state index in [2.05, 4.69) is 20.4 Å². The molecule has 0 radical (unpaired) electrons. The summed E-state index contributed by atoms with van der Waals surface area (Å²) in [4.78, 5) is 18.9. The second kappa shape index (κ2) is 6.00. The molecule has 1 saturated carbocycles. The Bertz CT molecular complexity index is 584. The van der Waals surface area contributed by atoms with Crippen LogP contribution in [0.3, 0.4) is 0 Å². The number of hydrogen-bond donors (Lipinski definition) is 2. The number of hydrogen-bond acceptors (Lipinski definition) is 4. The zero-order valence-corrected chi connectivity index (χ0v) is 11.3. The van der Waals surface area contributed by atoms with Gasteiger partial charge in [0.25, 0.3) is 5.56 Å². The van der Waals surface area contributed by atoms with Gasteiger partial charge in [0, 0.05) is 36.7 Å². The minimum absolute atomic E-state index is 0.00127. The highest BCUT2D eigenvalue weighted by molar-refractivity contribution is 4.94. The van der Waals surface area contributed by atoms with Crippen molar-refractivity contribution in [1.82, 2.24) is 25.1 Å². The Labute approximate surface area is 117 Å². The molecule has 6 heteroatoms. The smallest absolute Gasteiger partial charge is 0.266 e. The molecule has 0 atom stereocenters. The molecule has 0 saturated heterocycles. The van der Waals surface area contributed by atoms with E-state index in [1.165, 1.54) is 0 Å². The predicted molar refractivity (Wildman–Crippen MR) is 75.2 cm³/mol. The molecule has 20 heavy (non-hydrogen) atoms. The Hall–Kier alpha value is -1.95. The summed E-state index contributed by atoms with van der Waals surface area (Å²) in [5, 5.41) is 7.72. The highest BCUT2D eigenvalue weighted by Gasteiger charge is 2.23. The van der Waals surface area contributed by atoms with E-state index >= 15 is 0 Å². The standard InChI is InChI=1S/C14H19N5O/c20-14-2-1-7-18-19(14)13-5-3-11(4-6-13)16-9-12-8-15-10-17-12/h1-2,7-8,10-11,13,16H,3-6,9H2,(H,15,17). The number of aromatic nitrogens is 4. The molecule has 1 aliphatic carbocycles. The molecule has 1 fully saturated rings. The molecule has 0 spiro atoms. The van der Waals surface area contributed by atoms with Crippen LogP contribution in [0.1, 0.15) is 37.4 Å². The zero-order chi connectivity index (χ0) is 13.8. The van der Waals surface area contributed by atoms with Crippen LogP contribution in [0.15, 0.2) is 35.6 Å². The lowest BCUT2D eigenvalue weighted by atomic mass is 9.91. The van der Waals surface area contributed by atoms with Crippen molar-refractivity contribution in [3.63, 3.8) is 0 Å². The van der Waals surface area contributed by atoms with E-state index in [1.807, 2.05) is 6.20 Å². The molecule has 3 rings (SSSR count). The van der Waals surface area contributed by atoms with E-state index in [4.69, 9.17) is 0 Å². The van der Waals surface area contributed by atoms with Crippen LogP contribution in [0.25, 0.3) is 0 Å². The molecule has 2 aromatic heterocycles. The Balaban J connectivity index is 1.52. The zero-order valence-electron chi connectivity index (χ0n) is 11.3. The van der Waals surface area contributed by atoms with Crippen molar-refractivity contribution in [3.05, 3.63) is 46.9 Å². The average molecular weight is 273 g/mol. The molecule has 2 aromatic rings. The van der Waals surface area contributed by atoms with Gasteiger partial charge < -0.3 is 10.3 Å². The molecule has 106 valence electrons. The van der Waals surface area contributed by atoms with Gasteiger partial charge in [0.1, 0.15) is 0 Å². The van der Waals surface area contributed by atoms with Gasteiger partial charge in [-0.05, 0) is 31.7 Å². The predicted octanol–water partition coefficient (Wildman–Crippen LogP) is 1.24. The van der Waals surface area contributed by atoms with Gasteiger partial charge in [0.15, 0.2) is 0 Å². The van der Waals surface area contributed by atoms with E-state index in [0.29, 0.717) is 6.04 Å². The minimum Gasteiger partial charge on any atom is -0.347 e. The van der Waals surface area contributed by atoms with Crippen molar-refractivity contribution in [1.29, 1.82) is 0 Å². The second-order valence-corrected chi connectivity index (χ2v) is 5.27. The van der Waals surface area contributed by atoms with Crippen LogP contribution in [0.2, 0.25) is 0 Å². The van der Waals surface area contributed by atoms with Crippen LogP contribution >= 0.6 is 0 Å². The lowest BCUT2D eigenvalue weighted by Gasteiger charge is -2.29. The first-order valence-corrected chi connectivity index (χ1v) is 7.07. The molecule has 1 aliphatic rings. The third kappa shape index (κ3) is 2.96. The maximum atomic E-state index is 11.8. The number of nitrogens with one attached hydrogen (secondary N) is 2. The molecular formula is C14H19N5O. The fourth-order valence-corrected chi connectivity index (χ4v) is 2.80. The molecule has 0 aromatic carbocycles. The third-order valence-electron chi connectivity index (χ3n) is 3.92. The third-order valence-corrected chi connectivity index (χ3v) is 3.92. The van der Waals surface area contributed by atoms with E-state index in [-0.39, 0.29) is 11.6 Å². The Morgan fingerprint density at radius 1 is 1.35 bits per heavy atom. The molecule has 0 aliphatic heterocycles. The Kier molecular flexibility index (Phi) is 3.92. The van der Waals surface area contributed by atoms with Crippen molar-refractivity contribution in [2.75, 3.05) is 0 Å². The van der Waals surface area contributed by atoms with Crippen molar-refractivity contribution in [2.24, 2.45) is 0 Å². The normalized spacial score (nSPS) is 22.8. The molecule has 6 nitrogen and oxygen atoms in total.